The Hall–Kier alpha value is -0.0800. The van der Waals surface area contributed by atoms with E-state index in [1.54, 1.807) is 0 Å². The van der Waals surface area contributed by atoms with Crippen molar-refractivity contribution in [1.29, 1.82) is 0 Å². The van der Waals surface area contributed by atoms with E-state index in [0.29, 0.717) is 5.41 Å². The summed E-state index contributed by atoms with van der Waals surface area (Å²) < 4.78 is 0. The molecule has 0 amide bonds. The molecule has 0 spiro atoms. The van der Waals surface area contributed by atoms with E-state index >= 15 is 0 Å². The maximum absolute atomic E-state index is 5.85. The van der Waals surface area contributed by atoms with Gasteiger partial charge in [-0.3, -0.25) is 0 Å². The van der Waals surface area contributed by atoms with Crippen LogP contribution < -0.4 is 5.73 Å². The van der Waals surface area contributed by atoms with E-state index < -0.39 is 0 Å². The van der Waals surface area contributed by atoms with Gasteiger partial charge in [0.25, 0.3) is 0 Å². The first-order valence-corrected chi connectivity index (χ1v) is 7.44. The minimum atomic E-state index is 0.540. The van der Waals surface area contributed by atoms with Gasteiger partial charge in [0.05, 0.1) is 0 Å². The standard InChI is InChI=1S/C15H30N2/c1-12-7-14(9-15(2,3)8-12)17-6-4-5-13(10-16)11-17/h12-14H,4-11,16H2,1-3H3/t12-,13-,14+/m1/s1. The number of hydrogen-bond donors (Lipinski definition) is 1. The van der Waals surface area contributed by atoms with Crippen LogP contribution in [0, 0.1) is 17.3 Å². The van der Waals surface area contributed by atoms with Gasteiger partial charge in [-0.05, 0) is 62.4 Å². The lowest BCUT2D eigenvalue weighted by Gasteiger charge is -2.46. The zero-order chi connectivity index (χ0) is 12.5. The van der Waals surface area contributed by atoms with Gasteiger partial charge in [-0.2, -0.15) is 0 Å². The monoisotopic (exact) mass is 238 g/mol. The number of likely N-dealkylation sites (tertiary alicyclic amines) is 1. The summed E-state index contributed by atoms with van der Waals surface area (Å²) in [5.41, 5.74) is 6.39. The van der Waals surface area contributed by atoms with Gasteiger partial charge in [0.2, 0.25) is 0 Å². The van der Waals surface area contributed by atoms with E-state index in [4.69, 9.17) is 5.73 Å². The Morgan fingerprint density at radius 1 is 1.29 bits per heavy atom. The van der Waals surface area contributed by atoms with Crippen molar-refractivity contribution < 1.29 is 0 Å². The van der Waals surface area contributed by atoms with E-state index in [-0.39, 0.29) is 0 Å². The van der Waals surface area contributed by atoms with Crippen molar-refractivity contribution >= 4 is 0 Å². The molecule has 2 aliphatic rings. The van der Waals surface area contributed by atoms with Gasteiger partial charge in [-0.1, -0.05) is 20.8 Å². The summed E-state index contributed by atoms with van der Waals surface area (Å²) in [5, 5.41) is 0. The van der Waals surface area contributed by atoms with Gasteiger partial charge in [0, 0.05) is 12.6 Å². The normalized spacial score (nSPS) is 39.2. The van der Waals surface area contributed by atoms with Crippen LogP contribution in [-0.4, -0.2) is 30.6 Å². The van der Waals surface area contributed by atoms with Crippen LogP contribution in [0.1, 0.15) is 52.9 Å². The summed E-state index contributed by atoms with van der Waals surface area (Å²) >= 11 is 0. The Labute approximate surface area is 107 Å². The molecule has 17 heavy (non-hydrogen) atoms. The minimum Gasteiger partial charge on any atom is -0.330 e. The molecule has 0 aromatic carbocycles. The first-order chi connectivity index (χ1) is 8.00. The van der Waals surface area contributed by atoms with E-state index in [1.807, 2.05) is 0 Å². The Morgan fingerprint density at radius 3 is 2.71 bits per heavy atom. The van der Waals surface area contributed by atoms with Crippen LogP contribution in [0.25, 0.3) is 0 Å². The highest BCUT2D eigenvalue weighted by Crippen LogP contribution is 2.41. The average molecular weight is 238 g/mol. The second kappa shape index (κ2) is 5.27. The molecule has 0 bridgehead atoms. The summed E-state index contributed by atoms with van der Waals surface area (Å²) in [6.45, 7) is 10.8. The van der Waals surface area contributed by atoms with Crippen LogP contribution in [0.4, 0.5) is 0 Å². The zero-order valence-electron chi connectivity index (χ0n) is 11.9. The van der Waals surface area contributed by atoms with E-state index in [0.717, 1.165) is 24.4 Å². The fraction of sp³-hybridized carbons (Fsp3) is 1.00. The van der Waals surface area contributed by atoms with Gasteiger partial charge in [0.15, 0.2) is 0 Å². The molecule has 3 atom stereocenters. The van der Waals surface area contributed by atoms with E-state index in [2.05, 4.69) is 25.7 Å². The van der Waals surface area contributed by atoms with E-state index in [1.165, 1.54) is 45.2 Å². The van der Waals surface area contributed by atoms with Gasteiger partial charge >= 0.3 is 0 Å². The molecule has 2 heteroatoms. The predicted molar refractivity (Wildman–Crippen MR) is 73.9 cm³/mol. The molecule has 1 saturated heterocycles. The molecule has 0 radical (unpaired) electrons. The third kappa shape index (κ3) is 3.45. The quantitative estimate of drug-likeness (QED) is 0.801. The van der Waals surface area contributed by atoms with Crippen LogP contribution in [0.15, 0.2) is 0 Å². The summed E-state index contributed by atoms with van der Waals surface area (Å²) in [5.74, 6) is 1.64. The van der Waals surface area contributed by atoms with Gasteiger partial charge < -0.3 is 10.6 Å². The fourth-order valence-corrected chi connectivity index (χ4v) is 4.20. The Kier molecular flexibility index (Phi) is 4.14. The Morgan fingerprint density at radius 2 is 2.06 bits per heavy atom. The fourth-order valence-electron chi connectivity index (χ4n) is 4.20. The first kappa shape index (κ1) is 13.4. The predicted octanol–water partition coefficient (Wildman–Crippen LogP) is 2.87. The Balaban J connectivity index is 1.96. The molecule has 2 nitrogen and oxygen atoms in total. The smallest absolute Gasteiger partial charge is 0.0103 e. The van der Waals surface area contributed by atoms with Gasteiger partial charge in [-0.15, -0.1) is 0 Å². The molecule has 1 aliphatic carbocycles. The van der Waals surface area contributed by atoms with Crippen molar-refractivity contribution in [3.63, 3.8) is 0 Å². The van der Waals surface area contributed by atoms with Crippen LogP contribution in [0.3, 0.4) is 0 Å². The van der Waals surface area contributed by atoms with Crippen LogP contribution >= 0.6 is 0 Å². The zero-order valence-corrected chi connectivity index (χ0v) is 11.9. The SMILES string of the molecule is C[C@@H]1C[C@H](N2CCC[C@H](CN)C2)CC(C)(C)C1. The van der Waals surface area contributed by atoms with Crippen molar-refractivity contribution in [2.45, 2.75) is 58.9 Å². The lowest BCUT2D eigenvalue weighted by atomic mass is 9.70. The molecule has 1 saturated carbocycles. The van der Waals surface area contributed by atoms with Crippen molar-refractivity contribution in [2.24, 2.45) is 23.0 Å². The lowest BCUT2D eigenvalue weighted by molar-refractivity contribution is 0.0406. The van der Waals surface area contributed by atoms with Gasteiger partial charge in [-0.25, -0.2) is 0 Å². The number of nitrogens with zero attached hydrogens (tertiary/aromatic N) is 1. The molecule has 0 aromatic rings. The highest BCUT2D eigenvalue weighted by Gasteiger charge is 2.36. The summed E-state index contributed by atoms with van der Waals surface area (Å²) in [4.78, 5) is 2.75. The van der Waals surface area contributed by atoms with Crippen molar-refractivity contribution in [2.75, 3.05) is 19.6 Å². The van der Waals surface area contributed by atoms with E-state index in [9.17, 15) is 0 Å². The summed E-state index contributed by atoms with van der Waals surface area (Å²) in [6.07, 6.45) is 6.89. The molecule has 2 rings (SSSR count). The Bertz CT molecular complexity index is 249. The van der Waals surface area contributed by atoms with Crippen LogP contribution in [0.5, 0.6) is 0 Å². The first-order valence-electron chi connectivity index (χ1n) is 7.44. The number of rotatable bonds is 2. The minimum absolute atomic E-state index is 0.540. The number of hydrogen-bond acceptors (Lipinski definition) is 2. The summed E-state index contributed by atoms with van der Waals surface area (Å²) in [7, 11) is 0. The van der Waals surface area contributed by atoms with Crippen molar-refractivity contribution in [1.82, 2.24) is 4.90 Å². The van der Waals surface area contributed by atoms with Crippen molar-refractivity contribution in [3.05, 3.63) is 0 Å². The second-order valence-corrected chi connectivity index (χ2v) is 7.31. The third-order valence-corrected chi connectivity index (χ3v) is 4.76. The summed E-state index contributed by atoms with van der Waals surface area (Å²) in [6, 6.07) is 0.822. The number of piperidine rings is 1. The molecule has 1 heterocycles. The maximum atomic E-state index is 5.85. The highest BCUT2D eigenvalue weighted by molar-refractivity contribution is 4.89. The lowest BCUT2D eigenvalue weighted by Crippen LogP contribution is -2.48. The molecule has 2 N–H and O–H groups in total. The maximum Gasteiger partial charge on any atom is 0.0103 e. The average Bonchev–Trinajstić information content (AvgIpc) is 2.26. The molecular formula is C15H30N2. The molecular weight excluding hydrogens is 208 g/mol. The van der Waals surface area contributed by atoms with Crippen molar-refractivity contribution in [3.8, 4) is 0 Å². The third-order valence-electron chi connectivity index (χ3n) is 4.76. The molecule has 100 valence electrons. The number of nitrogens with two attached hydrogens (primary N) is 1. The van der Waals surface area contributed by atoms with Crippen LogP contribution in [-0.2, 0) is 0 Å². The molecule has 2 fully saturated rings. The molecule has 1 aliphatic heterocycles. The van der Waals surface area contributed by atoms with Gasteiger partial charge in [0.1, 0.15) is 0 Å². The van der Waals surface area contributed by atoms with Crippen LogP contribution in [0.2, 0.25) is 0 Å². The molecule has 0 unspecified atom stereocenters. The second-order valence-electron chi connectivity index (χ2n) is 7.31. The largest absolute Gasteiger partial charge is 0.330 e. The highest BCUT2D eigenvalue weighted by atomic mass is 15.2. The topological polar surface area (TPSA) is 29.3 Å². The molecule has 0 aromatic heterocycles.